The van der Waals surface area contributed by atoms with Crippen LogP contribution in [0.4, 0.5) is 10.5 Å². The zero-order valence-electron chi connectivity index (χ0n) is 13.9. The van der Waals surface area contributed by atoms with E-state index in [4.69, 9.17) is 0 Å². The zero-order valence-corrected chi connectivity index (χ0v) is 13.9. The molecule has 0 aliphatic carbocycles. The molecule has 2 amide bonds. The van der Waals surface area contributed by atoms with E-state index in [1.807, 2.05) is 0 Å². The van der Waals surface area contributed by atoms with Crippen LogP contribution in [-0.4, -0.2) is 56.4 Å². The van der Waals surface area contributed by atoms with Gasteiger partial charge in [-0.05, 0) is 38.4 Å². The average molecular weight is 329 g/mol. The Morgan fingerprint density at radius 1 is 1.38 bits per heavy atom. The van der Waals surface area contributed by atoms with Crippen molar-refractivity contribution in [1.82, 2.24) is 30.0 Å². The van der Waals surface area contributed by atoms with Gasteiger partial charge in [-0.1, -0.05) is 6.42 Å². The number of anilines is 1. The molecule has 8 heteroatoms. The number of nitrogens with zero attached hydrogens (tertiary/aromatic N) is 5. The van der Waals surface area contributed by atoms with Crippen LogP contribution in [0.15, 0.2) is 31.0 Å². The van der Waals surface area contributed by atoms with Crippen LogP contribution in [0, 0.1) is 0 Å². The third-order valence-corrected chi connectivity index (χ3v) is 4.28. The van der Waals surface area contributed by atoms with E-state index in [1.165, 1.54) is 25.6 Å². The molecule has 3 heterocycles. The van der Waals surface area contributed by atoms with Crippen LogP contribution in [0.2, 0.25) is 0 Å². The SMILES string of the molecule is C[C@@H]1CCCCN1CCNC(=O)Nc1ccc(-n2cncn2)nc1. The van der Waals surface area contributed by atoms with Crippen LogP contribution in [0.1, 0.15) is 26.2 Å². The molecule has 2 aromatic heterocycles. The van der Waals surface area contributed by atoms with Crippen LogP contribution in [0.5, 0.6) is 0 Å². The highest BCUT2D eigenvalue weighted by Crippen LogP contribution is 2.15. The molecule has 0 aromatic carbocycles. The predicted molar refractivity (Wildman–Crippen MR) is 91.1 cm³/mol. The van der Waals surface area contributed by atoms with Gasteiger partial charge in [-0.15, -0.1) is 0 Å². The van der Waals surface area contributed by atoms with E-state index < -0.39 is 0 Å². The van der Waals surface area contributed by atoms with Gasteiger partial charge in [0, 0.05) is 19.1 Å². The molecule has 3 rings (SSSR count). The van der Waals surface area contributed by atoms with Gasteiger partial charge in [0.05, 0.1) is 11.9 Å². The number of nitrogens with one attached hydrogen (secondary N) is 2. The molecule has 1 aliphatic rings. The molecule has 2 N–H and O–H groups in total. The van der Waals surface area contributed by atoms with Crippen molar-refractivity contribution in [1.29, 1.82) is 0 Å². The number of hydrogen-bond donors (Lipinski definition) is 2. The maximum Gasteiger partial charge on any atom is 0.319 e. The average Bonchev–Trinajstić information content (AvgIpc) is 3.12. The van der Waals surface area contributed by atoms with E-state index in [0.29, 0.717) is 24.1 Å². The first-order chi connectivity index (χ1) is 11.7. The van der Waals surface area contributed by atoms with Crippen molar-refractivity contribution in [3.05, 3.63) is 31.0 Å². The number of urea groups is 1. The molecule has 1 saturated heterocycles. The number of carbonyl (C=O) groups is 1. The number of rotatable bonds is 5. The van der Waals surface area contributed by atoms with Crippen molar-refractivity contribution in [2.75, 3.05) is 25.0 Å². The van der Waals surface area contributed by atoms with Gasteiger partial charge in [-0.2, -0.15) is 5.10 Å². The molecule has 2 aromatic rings. The fraction of sp³-hybridized carbons (Fsp3) is 0.500. The molecule has 1 fully saturated rings. The van der Waals surface area contributed by atoms with Gasteiger partial charge in [-0.3, -0.25) is 4.90 Å². The molecule has 0 unspecified atom stereocenters. The lowest BCUT2D eigenvalue weighted by atomic mass is 10.0. The summed E-state index contributed by atoms with van der Waals surface area (Å²) in [4.78, 5) is 22.5. The Hall–Kier alpha value is -2.48. The summed E-state index contributed by atoms with van der Waals surface area (Å²) < 4.78 is 1.56. The minimum absolute atomic E-state index is 0.213. The van der Waals surface area contributed by atoms with Crippen molar-refractivity contribution in [3.8, 4) is 5.82 Å². The zero-order chi connectivity index (χ0) is 16.8. The molecule has 128 valence electrons. The van der Waals surface area contributed by atoms with Crippen molar-refractivity contribution in [2.45, 2.75) is 32.2 Å². The minimum atomic E-state index is -0.213. The Labute approximate surface area is 141 Å². The van der Waals surface area contributed by atoms with Crippen molar-refractivity contribution < 1.29 is 4.79 Å². The van der Waals surface area contributed by atoms with E-state index in [9.17, 15) is 4.79 Å². The van der Waals surface area contributed by atoms with E-state index >= 15 is 0 Å². The Morgan fingerprint density at radius 2 is 2.29 bits per heavy atom. The van der Waals surface area contributed by atoms with Crippen molar-refractivity contribution in [3.63, 3.8) is 0 Å². The molecule has 1 aliphatic heterocycles. The molecular formula is C16H23N7O. The normalized spacial score (nSPS) is 18.3. The number of pyridine rings is 1. The predicted octanol–water partition coefficient (Wildman–Crippen LogP) is 1.66. The van der Waals surface area contributed by atoms with Gasteiger partial charge in [0.25, 0.3) is 0 Å². The van der Waals surface area contributed by atoms with Crippen LogP contribution < -0.4 is 10.6 Å². The van der Waals surface area contributed by atoms with Gasteiger partial charge < -0.3 is 10.6 Å². The van der Waals surface area contributed by atoms with E-state index in [2.05, 4.69) is 37.5 Å². The highest BCUT2D eigenvalue weighted by molar-refractivity contribution is 5.89. The lowest BCUT2D eigenvalue weighted by Gasteiger charge is -2.33. The fourth-order valence-corrected chi connectivity index (χ4v) is 2.90. The van der Waals surface area contributed by atoms with Crippen LogP contribution in [0.25, 0.3) is 5.82 Å². The summed E-state index contributed by atoms with van der Waals surface area (Å²) in [5.41, 5.74) is 0.641. The van der Waals surface area contributed by atoms with Crippen LogP contribution >= 0.6 is 0 Å². The number of likely N-dealkylation sites (tertiary alicyclic amines) is 1. The van der Waals surface area contributed by atoms with Gasteiger partial charge in [-0.25, -0.2) is 19.4 Å². The second-order valence-corrected chi connectivity index (χ2v) is 6.01. The largest absolute Gasteiger partial charge is 0.337 e. The lowest BCUT2D eigenvalue weighted by Crippen LogP contribution is -2.43. The first-order valence-corrected chi connectivity index (χ1v) is 8.32. The standard InChI is InChI=1S/C16H23N7O/c1-13-4-2-3-8-22(13)9-7-18-16(24)21-14-5-6-15(19-10-14)23-12-17-11-20-23/h5-6,10-13H,2-4,7-9H2,1H3,(H2,18,21,24)/t13-/m1/s1. The molecule has 0 bridgehead atoms. The Kier molecular flexibility index (Phi) is 5.37. The van der Waals surface area contributed by atoms with Crippen LogP contribution in [-0.2, 0) is 0 Å². The number of piperidine rings is 1. The smallest absolute Gasteiger partial charge is 0.319 e. The summed E-state index contributed by atoms with van der Waals surface area (Å²) in [7, 11) is 0. The minimum Gasteiger partial charge on any atom is -0.337 e. The number of aromatic nitrogens is 4. The molecule has 24 heavy (non-hydrogen) atoms. The van der Waals surface area contributed by atoms with Crippen molar-refractivity contribution >= 4 is 11.7 Å². The van der Waals surface area contributed by atoms with Gasteiger partial charge >= 0.3 is 6.03 Å². The summed E-state index contributed by atoms with van der Waals surface area (Å²) in [5, 5.41) is 9.69. The molecule has 0 saturated carbocycles. The maximum atomic E-state index is 12.0. The second kappa shape index (κ2) is 7.87. The van der Waals surface area contributed by atoms with Gasteiger partial charge in [0.15, 0.2) is 5.82 Å². The summed E-state index contributed by atoms with van der Waals surface area (Å²) in [6.45, 7) is 4.90. The fourth-order valence-electron chi connectivity index (χ4n) is 2.90. The topological polar surface area (TPSA) is 88.0 Å². The van der Waals surface area contributed by atoms with Crippen molar-refractivity contribution in [2.24, 2.45) is 0 Å². The Morgan fingerprint density at radius 3 is 3.00 bits per heavy atom. The number of hydrogen-bond acceptors (Lipinski definition) is 5. The monoisotopic (exact) mass is 329 g/mol. The highest BCUT2D eigenvalue weighted by atomic mass is 16.2. The maximum absolute atomic E-state index is 12.0. The Balaban J connectivity index is 1.43. The van der Waals surface area contributed by atoms with Gasteiger partial charge in [0.1, 0.15) is 12.7 Å². The van der Waals surface area contributed by atoms with E-state index in [-0.39, 0.29) is 6.03 Å². The first kappa shape index (κ1) is 16.4. The Bertz CT molecular complexity index is 641. The highest BCUT2D eigenvalue weighted by Gasteiger charge is 2.17. The summed E-state index contributed by atoms with van der Waals surface area (Å²) in [6, 6.07) is 3.96. The van der Waals surface area contributed by atoms with E-state index in [0.717, 1.165) is 13.1 Å². The third kappa shape index (κ3) is 4.29. The van der Waals surface area contributed by atoms with Crippen LogP contribution in [0.3, 0.4) is 0 Å². The summed E-state index contributed by atoms with van der Waals surface area (Å²) >= 11 is 0. The molecule has 0 spiro atoms. The molecular weight excluding hydrogens is 306 g/mol. The van der Waals surface area contributed by atoms with E-state index in [1.54, 1.807) is 29.3 Å². The number of carbonyl (C=O) groups excluding carboxylic acids is 1. The first-order valence-electron chi connectivity index (χ1n) is 8.32. The quantitative estimate of drug-likeness (QED) is 0.871. The summed E-state index contributed by atoms with van der Waals surface area (Å²) in [6.07, 6.45) is 8.43. The molecule has 8 nitrogen and oxygen atoms in total. The second-order valence-electron chi connectivity index (χ2n) is 6.01. The third-order valence-electron chi connectivity index (χ3n) is 4.28. The number of amides is 2. The molecule has 1 atom stereocenters. The van der Waals surface area contributed by atoms with Gasteiger partial charge in [0.2, 0.25) is 0 Å². The lowest BCUT2D eigenvalue weighted by molar-refractivity contribution is 0.162. The molecule has 0 radical (unpaired) electrons. The summed E-state index contributed by atoms with van der Waals surface area (Å²) in [5.74, 6) is 0.651.